The van der Waals surface area contributed by atoms with Crippen LogP contribution in [0.3, 0.4) is 0 Å². The summed E-state index contributed by atoms with van der Waals surface area (Å²) in [5.41, 5.74) is 0. The van der Waals surface area contributed by atoms with Gasteiger partial charge >= 0.3 is 5.97 Å². The van der Waals surface area contributed by atoms with E-state index >= 15 is 0 Å². The van der Waals surface area contributed by atoms with E-state index < -0.39 is 67.4 Å². The zero-order chi connectivity index (χ0) is 64.6. The molecule has 1 amide bonds. The molecule has 8 unspecified atom stereocenters. The number of hydrogen-bond acceptors (Lipinski definition) is 10. The summed E-state index contributed by atoms with van der Waals surface area (Å²) in [5.74, 6) is -1.20. The summed E-state index contributed by atoms with van der Waals surface area (Å²) < 4.78 is 17.7. The van der Waals surface area contributed by atoms with Crippen molar-refractivity contribution in [1.82, 2.24) is 5.32 Å². The van der Waals surface area contributed by atoms with Crippen LogP contribution < -0.4 is 5.32 Å². The fraction of sp³-hybridized carbons (Fsp3) is 0.744. The van der Waals surface area contributed by atoms with Crippen LogP contribution in [0.1, 0.15) is 310 Å². The summed E-state index contributed by atoms with van der Waals surface area (Å²) in [6, 6.07) is -1.04. The monoisotopic (exact) mass is 1250 g/mol. The molecule has 0 bridgehead atoms. The van der Waals surface area contributed by atoms with E-state index in [0.717, 1.165) is 122 Å². The first-order valence-corrected chi connectivity index (χ1v) is 36.7. The van der Waals surface area contributed by atoms with Gasteiger partial charge in [-0.25, -0.2) is 0 Å². The van der Waals surface area contributed by atoms with Gasteiger partial charge in [-0.2, -0.15) is 0 Å². The van der Waals surface area contributed by atoms with Crippen molar-refractivity contribution >= 4 is 11.9 Å². The van der Waals surface area contributed by atoms with Crippen molar-refractivity contribution in [1.29, 1.82) is 0 Å². The Bertz CT molecular complexity index is 1870. The summed E-state index contributed by atoms with van der Waals surface area (Å²) >= 11 is 0. The Labute approximate surface area is 545 Å². The van der Waals surface area contributed by atoms with Crippen molar-refractivity contribution in [2.45, 2.75) is 359 Å². The molecule has 11 heteroatoms. The third-order valence-corrected chi connectivity index (χ3v) is 16.7. The molecule has 0 aromatic rings. The number of allylic oxidation sites excluding steroid dienone is 17. The molecule has 0 aliphatic carbocycles. The molecule has 0 saturated carbocycles. The Morgan fingerprint density at radius 2 is 0.809 bits per heavy atom. The Morgan fingerprint density at radius 1 is 0.449 bits per heavy atom. The molecule has 89 heavy (non-hydrogen) atoms. The van der Waals surface area contributed by atoms with Crippen LogP contribution in [0.15, 0.2) is 109 Å². The number of unbranched alkanes of at least 4 members (excludes halogenated alkanes) is 32. The van der Waals surface area contributed by atoms with Crippen LogP contribution in [0.5, 0.6) is 0 Å². The first kappa shape index (κ1) is 83.3. The first-order valence-electron chi connectivity index (χ1n) is 36.7. The molecule has 0 radical (unpaired) electrons. The van der Waals surface area contributed by atoms with Gasteiger partial charge in [-0.3, -0.25) is 9.59 Å². The third kappa shape index (κ3) is 51.5. The zero-order valence-electron chi connectivity index (χ0n) is 57.0. The molecular weight excluding hydrogens is 1110 g/mol. The smallest absolute Gasteiger partial charge is 0.306 e. The maximum Gasteiger partial charge on any atom is 0.306 e. The Balaban J connectivity index is 2.57. The minimum absolute atomic E-state index is 0.114. The summed E-state index contributed by atoms with van der Waals surface area (Å²) in [6.45, 7) is 5.67. The molecule has 0 spiro atoms. The molecule has 1 heterocycles. The zero-order valence-corrected chi connectivity index (χ0v) is 57.0. The van der Waals surface area contributed by atoms with E-state index in [4.69, 9.17) is 14.2 Å². The van der Waals surface area contributed by atoms with Crippen LogP contribution in [0.4, 0.5) is 0 Å². The Morgan fingerprint density at radius 3 is 1.24 bits per heavy atom. The first-order chi connectivity index (χ1) is 43.7. The highest BCUT2D eigenvalue weighted by Crippen LogP contribution is 2.26. The molecule has 1 saturated heterocycles. The predicted octanol–water partition coefficient (Wildman–Crippen LogP) is 19.2. The van der Waals surface area contributed by atoms with Crippen LogP contribution in [0, 0.1) is 0 Å². The minimum atomic E-state index is -1.62. The SMILES string of the molecule is CC/C=C\C/C=C\C/C=C\C/C=C\C/C=C\CCCCCCCCCCCCCC(=O)OC1C(OCC(NC(=O)C(O)CCCCCCCCC/C=C\C/C=C\C/C=C\CCCCC)C(O)/C=C/CCCCCCCCCCCCC)OC(CO)C(O)C1O. The van der Waals surface area contributed by atoms with Crippen molar-refractivity contribution in [3.05, 3.63) is 109 Å². The van der Waals surface area contributed by atoms with Crippen LogP contribution >= 0.6 is 0 Å². The molecule has 512 valence electrons. The second-order valence-corrected chi connectivity index (χ2v) is 24.9. The summed E-state index contributed by atoms with van der Waals surface area (Å²) in [7, 11) is 0. The number of rotatable bonds is 62. The van der Waals surface area contributed by atoms with Gasteiger partial charge in [0.05, 0.1) is 25.4 Å². The average molecular weight is 1250 g/mol. The van der Waals surface area contributed by atoms with Gasteiger partial charge in [0.2, 0.25) is 5.91 Å². The molecule has 11 nitrogen and oxygen atoms in total. The van der Waals surface area contributed by atoms with Crippen molar-refractivity contribution in [2.75, 3.05) is 13.2 Å². The molecule has 0 aromatic heterocycles. The number of carbonyl (C=O) groups is 2. The van der Waals surface area contributed by atoms with Crippen LogP contribution in [0.25, 0.3) is 0 Å². The highest BCUT2D eigenvalue weighted by molar-refractivity contribution is 5.80. The van der Waals surface area contributed by atoms with E-state index in [0.29, 0.717) is 12.8 Å². The molecule has 1 fully saturated rings. The van der Waals surface area contributed by atoms with Gasteiger partial charge in [-0.15, -0.1) is 0 Å². The number of aliphatic hydroxyl groups excluding tert-OH is 5. The van der Waals surface area contributed by atoms with Crippen molar-refractivity contribution in [3.63, 3.8) is 0 Å². The van der Waals surface area contributed by atoms with Gasteiger partial charge in [0, 0.05) is 6.42 Å². The van der Waals surface area contributed by atoms with Crippen LogP contribution in [-0.2, 0) is 23.8 Å². The summed E-state index contributed by atoms with van der Waals surface area (Å²) in [5, 5.41) is 57.3. The fourth-order valence-corrected chi connectivity index (χ4v) is 10.9. The van der Waals surface area contributed by atoms with Crippen LogP contribution in [-0.4, -0.2) is 99.6 Å². The lowest BCUT2D eigenvalue weighted by atomic mass is 9.99. The lowest BCUT2D eigenvalue weighted by molar-refractivity contribution is -0.305. The van der Waals surface area contributed by atoms with E-state index in [-0.39, 0.29) is 19.4 Å². The second-order valence-electron chi connectivity index (χ2n) is 24.9. The van der Waals surface area contributed by atoms with Crippen molar-refractivity contribution in [3.8, 4) is 0 Å². The van der Waals surface area contributed by atoms with E-state index in [9.17, 15) is 35.1 Å². The van der Waals surface area contributed by atoms with Gasteiger partial charge in [0.1, 0.15) is 24.4 Å². The Kier molecular flexibility index (Phi) is 60.3. The number of amides is 1. The average Bonchev–Trinajstić information content (AvgIpc) is 1.85. The maximum absolute atomic E-state index is 13.5. The third-order valence-electron chi connectivity index (χ3n) is 16.7. The molecule has 1 rings (SSSR count). The lowest BCUT2D eigenvalue weighted by Crippen LogP contribution is -2.61. The number of hydrogen-bond donors (Lipinski definition) is 6. The predicted molar refractivity (Wildman–Crippen MR) is 375 cm³/mol. The van der Waals surface area contributed by atoms with Crippen LogP contribution in [0.2, 0.25) is 0 Å². The number of aliphatic hydroxyl groups is 5. The van der Waals surface area contributed by atoms with Crippen molar-refractivity contribution < 1.29 is 49.3 Å². The van der Waals surface area contributed by atoms with Gasteiger partial charge in [-0.1, -0.05) is 304 Å². The summed E-state index contributed by atoms with van der Waals surface area (Å²) in [4.78, 5) is 26.7. The topological polar surface area (TPSA) is 175 Å². The van der Waals surface area contributed by atoms with Gasteiger partial charge < -0.3 is 45.1 Å². The van der Waals surface area contributed by atoms with Gasteiger partial charge in [0.25, 0.3) is 0 Å². The van der Waals surface area contributed by atoms with E-state index in [1.807, 2.05) is 6.08 Å². The normalized spacial score (nSPS) is 18.8. The quantitative estimate of drug-likeness (QED) is 0.0195. The van der Waals surface area contributed by atoms with E-state index in [1.54, 1.807) is 6.08 Å². The molecule has 1 aliphatic rings. The summed E-state index contributed by atoms with van der Waals surface area (Å²) in [6.07, 6.45) is 78.3. The number of nitrogens with one attached hydrogen (secondary N) is 1. The second kappa shape index (κ2) is 64.4. The lowest BCUT2D eigenvalue weighted by Gasteiger charge is -2.41. The molecule has 0 aromatic carbocycles. The number of carbonyl (C=O) groups excluding carboxylic acids is 2. The van der Waals surface area contributed by atoms with Gasteiger partial charge in [0.15, 0.2) is 12.4 Å². The largest absolute Gasteiger partial charge is 0.454 e. The molecule has 6 N–H and O–H groups in total. The highest BCUT2D eigenvalue weighted by atomic mass is 16.7. The molecule has 8 atom stereocenters. The highest BCUT2D eigenvalue weighted by Gasteiger charge is 2.47. The van der Waals surface area contributed by atoms with E-state index in [1.165, 1.54) is 141 Å². The molecular formula is C78H135NO10. The number of esters is 1. The molecule has 1 aliphatic heterocycles. The fourth-order valence-electron chi connectivity index (χ4n) is 10.9. The maximum atomic E-state index is 13.5. The minimum Gasteiger partial charge on any atom is -0.454 e. The Hall–Kier alpha value is -3.68. The van der Waals surface area contributed by atoms with E-state index in [2.05, 4.69) is 123 Å². The number of ether oxygens (including phenoxy) is 3. The van der Waals surface area contributed by atoms with Gasteiger partial charge in [-0.05, 0) is 109 Å². The van der Waals surface area contributed by atoms with Crippen molar-refractivity contribution in [2.24, 2.45) is 0 Å². The standard InChI is InChI=1S/C78H135NO10/c1-4-7-10-13-16-19-22-25-27-29-31-33-34-35-36-37-38-39-41-43-45-48-51-54-57-60-63-66-73(83)89-76-75(85)74(84)72(67-80)88-78(76)87-68-69(70(81)64-61-58-55-52-49-46-24-21-18-15-12-9-6-3)79-77(86)71(82)65-62-59-56-53-50-47-44-42-40-32-30-28-26-23-20-17-14-11-8-5-2/h7,10,16-17,19-20,25-28,31-33,35-36,40,61,64,69-72,74-76,78,80-82,84-85H,4-6,8-9,11-15,18,21-24,29-30,34,37-39,41-60,62-63,65-68H2,1-3H3,(H,79,86)/b10-7-,19-16-,20-17-,27-25-,28-26-,33-31-,36-35-,40-32-,64-61+.